The van der Waals surface area contributed by atoms with Crippen LogP contribution in [0.1, 0.15) is 0 Å². The lowest BCUT2D eigenvalue weighted by atomic mass is 10.2. The van der Waals surface area contributed by atoms with Crippen LogP contribution in [0.3, 0.4) is 0 Å². The zero-order valence-electron chi connectivity index (χ0n) is 13.3. The van der Waals surface area contributed by atoms with Gasteiger partial charge in [-0.15, -0.1) is 5.10 Å². The van der Waals surface area contributed by atoms with Crippen molar-refractivity contribution in [2.45, 2.75) is 0 Å². The first-order chi connectivity index (χ1) is 12.2. The number of hydrogen-bond donors (Lipinski definition) is 2. The predicted octanol–water partition coefficient (Wildman–Crippen LogP) is 2.26. The Balaban J connectivity index is 1.82. The summed E-state index contributed by atoms with van der Waals surface area (Å²) in [6, 6.07) is 12.8. The fourth-order valence-electron chi connectivity index (χ4n) is 2.55. The molecular weight excluding hydrogens is 320 g/mol. The van der Waals surface area contributed by atoms with Gasteiger partial charge in [0.25, 0.3) is 5.56 Å². The molecule has 4 rings (SSSR count). The van der Waals surface area contributed by atoms with Crippen LogP contribution in [0.2, 0.25) is 0 Å². The number of benzene rings is 1. The van der Waals surface area contributed by atoms with E-state index in [0.717, 1.165) is 5.69 Å². The Morgan fingerprint density at radius 2 is 2.08 bits per heavy atom. The van der Waals surface area contributed by atoms with E-state index in [9.17, 15) is 4.79 Å². The van der Waals surface area contributed by atoms with E-state index in [1.165, 1.54) is 6.20 Å². The van der Waals surface area contributed by atoms with Gasteiger partial charge >= 0.3 is 0 Å². The van der Waals surface area contributed by atoms with Crippen LogP contribution < -0.4 is 15.6 Å². The Morgan fingerprint density at radius 3 is 2.88 bits per heavy atom. The SMILES string of the molecule is COc1cccc(-n2[nH]c(=O)c3cnc(Nc4cccnn4)cc32)c1. The van der Waals surface area contributed by atoms with E-state index < -0.39 is 0 Å². The maximum Gasteiger partial charge on any atom is 0.273 e. The highest BCUT2D eigenvalue weighted by Crippen LogP contribution is 2.22. The third-order valence-corrected chi connectivity index (χ3v) is 3.72. The molecule has 3 heterocycles. The van der Waals surface area contributed by atoms with E-state index >= 15 is 0 Å². The van der Waals surface area contributed by atoms with Crippen LogP contribution in [0.4, 0.5) is 11.6 Å². The molecule has 0 radical (unpaired) electrons. The van der Waals surface area contributed by atoms with Gasteiger partial charge in [0.2, 0.25) is 0 Å². The van der Waals surface area contributed by atoms with Gasteiger partial charge in [0.05, 0.1) is 23.7 Å². The van der Waals surface area contributed by atoms with E-state index in [1.807, 2.05) is 24.3 Å². The molecule has 124 valence electrons. The van der Waals surface area contributed by atoms with Crippen molar-refractivity contribution in [3.63, 3.8) is 0 Å². The highest BCUT2D eigenvalue weighted by Gasteiger charge is 2.11. The monoisotopic (exact) mass is 334 g/mol. The van der Waals surface area contributed by atoms with E-state index in [2.05, 4.69) is 25.6 Å². The average molecular weight is 334 g/mol. The van der Waals surface area contributed by atoms with Gasteiger partial charge in [-0.05, 0) is 24.3 Å². The van der Waals surface area contributed by atoms with Crippen molar-refractivity contribution in [1.82, 2.24) is 25.0 Å². The van der Waals surface area contributed by atoms with Gasteiger partial charge in [-0.25, -0.2) is 4.98 Å². The van der Waals surface area contributed by atoms with Crippen LogP contribution in [0.25, 0.3) is 16.6 Å². The molecule has 3 aromatic heterocycles. The predicted molar refractivity (Wildman–Crippen MR) is 93.6 cm³/mol. The molecule has 0 spiro atoms. The molecule has 0 bridgehead atoms. The smallest absolute Gasteiger partial charge is 0.273 e. The summed E-state index contributed by atoms with van der Waals surface area (Å²) in [6.07, 6.45) is 3.12. The maximum absolute atomic E-state index is 12.2. The first-order valence-electron chi connectivity index (χ1n) is 7.54. The topological polar surface area (TPSA) is 97.7 Å². The van der Waals surface area contributed by atoms with Crippen LogP contribution in [-0.4, -0.2) is 32.1 Å². The third-order valence-electron chi connectivity index (χ3n) is 3.72. The van der Waals surface area contributed by atoms with Gasteiger partial charge in [0.1, 0.15) is 11.6 Å². The number of methoxy groups -OCH3 is 1. The summed E-state index contributed by atoms with van der Waals surface area (Å²) in [5.74, 6) is 1.83. The summed E-state index contributed by atoms with van der Waals surface area (Å²) in [6.45, 7) is 0. The molecule has 0 amide bonds. The van der Waals surface area contributed by atoms with Crippen molar-refractivity contribution in [3.8, 4) is 11.4 Å². The van der Waals surface area contributed by atoms with Gasteiger partial charge in [-0.2, -0.15) is 5.10 Å². The fraction of sp³-hybridized carbons (Fsp3) is 0.0588. The van der Waals surface area contributed by atoms with E-state index in [-0.39, 0.29) is 5.56 Å². The minimum absolute atomic E-state index is 0.212. The molecule has 0 aliphatic heterocycles. The molecule has 0 unspecified atom stereocenters. The molecule has 4 aromatic rings. The lowest BCUT2D eigenvalue weighted by Crippen LogP contribution is -2.03. The number of H-pyrrole nitrogens is 1. The number of fused-ring (bicyclic) bond motifs is 1. The van der Waals surface area contributed by atoms with Gasteiger partial charge in [-0.1, -0.05) is 6.07 Å². The minimum Gasteiger partial charge on any atom is -0.497 e. The van der Waals surface area contributed by atoms with Gasteiger partial charge in [-0.3, -0.25) is 14.6 Å². The Bertz CT molecular complexity index is 1090. The second-order valence-electron chi connectivity index (χ2n) is 5.30. The number of pyridine rings is 1. The molecule has 1 aromatic carbocycles. The van der Waals surface area contributed by atoms with Crippen molar-refractivity contribution in [3.05, 3.63) is 65.2 Å². The molecular formula is C17H14N6O2. The molecule has 0 aliphatic rings. The Labute approximate surface area is 142 Å². The number of hydrogen-bond acceptors (Lipinski definition) is 6. The number of aromatic amines is 1. The number of aromatic nitrogens is 5. The lowest BCUT2D eigenvalue weighted by molar-refractivity contribution is 0.414. The number of nitrogens with one attached hydrogen (secondary N) is 2. The molecule has 2 N–H and O–H groups in total. The van der Waals surface area contributed by atoms with Crippen molar-refractivity contribution in [1.29, 1.82) is 0 Å². The van der Waals surface area contributed by atoms with Crippen LogP contribution >= 0.6 is 0 Å². The largest absolute Gasteiger partial charge is 0.497 e. The molecule has 0 saturated heterocycles. The van der Waals surface area contributed by atoms with Crippen LogP contribution in [-0.2, 0) is 0 Å². The van der Waals surface area contributed by atoms with E-state index in [0.29, 0.717) is 28.3 Å². The zero-order chi connectivity index (χ0) is 17.2. The first kappa shape index (κ1) is 14.9. The maximum atomic E-state index is 12.2. The van der Waals surface area contributed by atoms with Gasteiger partial charge in [0.15, 0.2) is 5.82 Å². The quantitative estimate of drug-likeness (QED) is 0.594. The number of rotatable bonds is 4. The standard InChI is InChI=1S/C17H14N6O2/c1-25-12-5-2-4-11(8-12)23-14-9-16(18-10-13(14)17(24)22-23)20-15-6-3-7-19-21-15/h2-10H,1H3,(H,22,24)(H,18,20,21). The van der Waals surface area contributed by atoms with E-state index in [4.69, 9.17) is 4.74 Å². The molecule has 0 fully saturated rings. The summed E-state index contributed by atoms with van der Waals surface area (Å²) in [7, 11) is 1.60. The summed E-state index contributed by atoms with van der Waals surface area (Å²) < 4.78 is 6.95. The third kappa shape index (κ3) is 2.80. The molecule has 8 heteroatoms. The fourth-order valence-corrected chi connectivity index (χ4v) is 2.55. The Kier molecular flexibility index (Phi) is 3.62. The number of ether oxygens (including phenoxy) is 1. The highest BCUT2D eigenvalue weighted by atomic mass is 16.5. The lowest BCUT2D eigenvalue weighted by Gasteiger charge is -2.08. The van der Waals surface area contributed by atoms with Gasteiger partial charge < -0.3 is 10.1 Å². The summed E-state index contributed by atoms with van der Waals surface area (Å²) in [5, 5.41) is 14.2. The van der Waals surface area contributed by atoms with Crippen LogP contribution in [0, 0.1) is 0 Å². The second kappa shape index (κ2) is 6.08. The summed E-state index contributed by atoms with van der Waals surface area (Å²) in [4.78, 5) is 16.5. The summed E-state index contributed by atoms with van der Waals surface area (Å²) >= 11 is 0. The summed E-state index contributed by atoms with van der Waals surface area (Å²) in [5.41, 5.74) is 1.26. The Morgan fingerprint density at radius 1 is 1.16 bits per heavy atom. The van der Waals surface area contributed by atoms with E-state index in [1.54, 1.807) is 36.2 Å². The van der Waals surface area contributed by atoms with Gasteiger partial charge in [0, 0.05) is 24.5 Å². The second-order valence-corrected chi connectivity index (χ2v) is 5.30. The first-order valence-corrected chi connectivity index (χ1v) is 7.54. The molecule has 0 aliphatic carbocycles. The molecule has 0 saturated carbocycles. The molecule has 25 heavy (non-hydrogen) atoms. The van der Waals surface area contributed by atoms with Crippen molar-refractivity contribution in [2.24, 2.45) is 0 Å². The van der Waals surface area contributed by atoms with Crippen molar-refractivity contribution in [2.75, 3.05) is 12.4 Å². The minimum atomic E-state index is -0.212. The Hall–Kier alpha value is -3.68. The van der Waals surface area contributed by atoms with Crippen LogP contribution in [0.5, 0.6) is 5.75 Å². The molecule has 8 nitrogen and oxygen atoms in total. The normalized spacial score (nSPS) is 10.8. The zero-order valence-corrected chi connectivity index (χ0v) is 13.3. The average Bonchev–Trinajstić information content (AvgIpc) is 2.99. The number of anilines is 2. The van der Waals surface area contributed by atoms with Crippen molar-refractivity contribution >= 4 is 22.5 Å². The molecule has 0 atom stereocenters. The number of nitrogens with zero attached hydrogens (tertiary/aromatic N) is 4. The van der Waals surface area contributed by atoms with Crippen LogP contribution in [0.15, 0.2) is 59.7 Å². The van der Waals surface area contributed by atoms with Crippen molar-refractivity contribution < 1.29 is 4.74 Å². The highest BCUT2D eigenvalue weighted by molar-refractivity contribution is 5.82.